The first-order valence-corrected chi connectivity index (χ1v) is 15.2. The van der Waals surface area contributed by atoms with Gasteiger partial charge < -0.3 is 18.6 Å². The van der Waals surface area contributed by atoms with Crippen molar-refractivity contribution in [2.45, 2.75) is 57.2 Å². The number of aromatic nitrogens is 6. The molecular weight excluding hydrogens is 630 g/mol. The summed E-state index contributed by atoms with van der Waals surface area (Å²) in [5.41, 5.74) is 1.76. The fraction of sp³-hybridized carbons (Fsp3) is 0.387. The predicted molar refractivity (Wildman–Crippen MR) is 158 cm³/mol. The van der Waals surface area contributed by atoms with Crippen LogP contribution in [0.3, 0.4) is 0 Å². The maximum Gasteiger partial charge on any atom is 0.471 e. The standard InChI is InChI=1S/C31H28ClF4N7O3/c32-19-3-1-18(2-4-19)13-26-37-9-5-28(39-26)45-20-6-10-42(11-7-20)17-27-38-24-14-22(29-40-30(46-41-29)31(34,35)36)23(33)15-25(24)43(27)16-21-8-12-44-21/h1-5,9,14-15,20-21H,6-8,10-13,16-17H2. The van der Waals surface area contributed by atoms with Crippen LogP contribution in [0.4, 0.5) is 17.6 Å². The molecule has 2 aliphatic rings. The van der Waals surface area contributed by atoms with E-state index in [-0.39, 0.29) is 17.8 Å². The SMILES string of the molecule is Fc1cc2c(cc1-c1noc(C(F)(F)F)n1)nc(CN1CCC(Oc3ccnc(Cc4ccc(Cl)cc4)n3)CC1)n2CC1CCO1. The van der Waals surface area contributed by atoms with Gasteiger partial charge in [0.05, 0.1) is 35.8 Å². The van der Waals surface area contributed by atoms with Gasteiger partial charge in [-0.15, -0.1) is 0 Å². The van der Waals surface area contributed by atoms with E-state index in [0.29, 0.717) is 59.7 Å². The molecule has 2 aliphatic heterocycles. The third-order valence-electron chi connectivity index (χ3n) is 8.15. The Labute approximate surface area is 265 Å². The lowest BCUT2D eigenvalue weighted by Gasteiger charge is -2.32. The first-order valence-electron chi connectivity index (χ1n) is 14.8. The second-order valence-electron chi connectivity index (χ2n) is 11.4. The Kier molecular flexibility index (Phi) is 8.34. The highest BCUT2D eigenvalue weighted by Crippen LogP contribution is 2.32. The summed E-state index contributed by atoms with van der Waals surface area (Å²) in [6, 6.07) is 11.9. The number of piperidine rings is 1. The number of likely N-dealkylation sites (tertiary alicyclic amines) is 1. The molecule has 0 saturated carbocycles. The molecule has 0 spiro atoms. The summed E-state index contributed by atoms with van der Waals surface area (Å²) >= 11 is 5.99. The molecule has 0 amide bonds. The quantitative estimate of drug-likeness (QED) is 0.174. The molecule has 2 saturated heterocycles. The van der Waals surface area contributed by atoms with Crippen molar-refractivity contribution in [3.63, 3.8) is 0 Å². The number of fused-ring (bicyclic) bond motifs is 1. The molecule has 0 bridgehead atoms. The molecule has 2 aromatic carbocycles. The van der Waals surface area contributed by atoms with Crippen LogP contribution in [-0.2, 0) is 30.4 Å². The highest BCUT2D eigenvalue weighted by molar-refractivity contribution is 6.30. The Morgan fingerprint density at radius 1 is 1.00 bits per heavy atom. The minimum atomic E-state index is -4.84. The van der Waals surface area contributed by atoms with Crippen molar-refractivity contribution in [1.82, 2.24) is 34.6 Å². The van der Waals surface area contributed by atoms with Gasteiger partial charge in [0.15, 0.2) is 0 Å². The van der Waals surface area contributed by atoms with E-state index in [0.717, 1.165) is 37.9 Å². The Bertz CT molecular complexity index is 1830. The molecule has 0 radical (unpaired) electrons. The second kappa shape index (κ2) is 12.6. The monoisotopic (exact) mass is 657 g/mol. The van der Waals surface area contributed by atoms with Gasteiger partial charge in [0.1, 0.15) is 23.6 Å². The normalized spacial score (nSPS) is 17.8. The Morgan fingerprint density at radius 3 is 2.48 bits per heavy atom. The molecule has 5 heterocycles. The summed E-state index contributed by atoms with van der Waals surface area (Å²) in [5, 5.41) is 4.02. The van der Waals surface area contributed by atoms with Crippen LogP contribution >= 0.6 is 11.6 Å². The zero-order chi connectivity index (χ0) is 31.8. The average Bonchev–Trinajstić information content (AvgIpc) is 3.62. The fourth-order valence-corrected chi connectivity index (χ4v) is 5.77. The summed E-state index contributed by atoms with van der Waals surface area (Å²) in [4.78, 5) is 19.3. The van der Waals surface area contributed by atoms with Crippen molar-refractivity contribution in [1.29, 1.82) is 0 Å². The maximum atomic E-state index is 15.2. The van der Waals surface area contributed by atoms with E-state index in [1.807, 2.05) is 28.8 Å². The number of halogens is 5. The summed E-state index contributed by atoms with van der Waals surface area (Å²) in [6.07, 6.45) is -0.225. The first kappa shape index (κ1) is 30.5. The van der Waals surface area contributed by atoms with Crippen LogP contribution in [0.1, 0.15) is 42.4 Å². The summed E-state index contributed by atoms with van der Waals surface area (Å²) in [7, 11) is 0. The molecule has 7 rings (SSSR count). The summed E-state index contributed by atoms with van der Waals surface area (Å²) in [6.45, 7) is 3.10. The van der Waals surface area contributed by atoms with Crippen LogP contribution in [-0.4, -0.2) is 66.5 Å². The number of hydrogen-bond donors (Lipinski definition) is 0. The van der Waals surface area contributed by atoms with Gasteiger partial charge in [-0.1, -0.05) is 28.9 Å². The van der Waals surface area contributed by atoms with Crippen molar-refractivity contribution in [2.24, 2.45) is 0 Å². The molecular formula is C31H28ClF4N7O3. The molecule has 10 nitrogen and oxygen atoms in total. The molecule has 0 N–H and O–H groups in total. The van der Waals surface area contributed by atoms with E-state index < -0.39 is 23.7 Å². The fourth-order valence-electron chi connectivity index (χ4n) is 5.64. The van der Waals surface area contributed by atoms with E-state index in [1.54, 1.807) is 12.3 Å². The van der Waals surface area contributed by atoms with E-state index in [2.05, 4.69) is 29.5 Å². The third kappa shape index (κ3) is 6.69. The summed E-state index contributed by atoms with van der Waals surface area (Å²) in [5.74, 6) is -0.918. The lowest BCUT2D eigenvalue weighted by Crippen LogP contribution is -2.39. The van der Waals surface area contributed by atoms with Gasteiger partial charge >= 0.3 is 12.1 Å². The highest BCUT2D eigenvalue weighted by Gasteiger charge is 2.39. The number of hydrogen-bond acceptors (Lipinski definition) is 9. The third-order valence-corrected chi connectivity index (χ3v) is 8.40. The van der Waals surface area contributed by atoms with Crippen LogP contribution in [0.25, 0.3) is 22.4 Å². The molecule has 240 valence electrons. The van der Waals surface area contributed by atoms with Crippen LogP contribution in [0.15, 0.2) is 53.2 Å². The zero-order valence-corrected chi connectivity index (χ0v) is 25.1. The van der Waals surface area contributed by atoms with Crippen LogP contribution in [0.5, 0.6) is 5.88 Å². The smallest absolute Gasteiger partial charge is 0.471 e. The number of nitrogens with zero attached hydrogens (tertiary/aromatic N) is 7. The van der Waals surface area contributed by atoms with Gasteiger partial charge in [-0.25, -0.2) is 14.4 Å². The van der Waals surface area contributed by atoms with Crippen molar-refractivity contribution in [3.05, 3.63) is 82.6 Å². The molecule has 3 aromatic heterocycles. The minimum absolute atomic E-state index is 0.0232. The zero-order valence-electron chi connectivity index (χ0n) is 24.4. The molecule has 2 fully saturated rings. The minimum Gasteiger partial charge on any atom is -0.474 e. The molecule has 0 aliphatic carbocycles. The van der Waals surface area contributed by atoms with Gasteiger partial charge in [0.25, 0.3) is 0 Å². The number of rotatable bonds is 9. The number of alkyl halides is 3. The van der Waals surface area contributed by atoms with E-state index in [4.69, 9.17) is 26.1 Å². The number of ether oxygens (including phenoxy) is 2. The number of benzene rings is 2. The largest absolute Gasteiger partial charge is 0.474 e. The first-order chi connectivity index (χ1) is 22.2. The van der Waals surface area contributed by atoms with E-state index in [9.17, 15) is 13.2 Å². The van der Waals surface area contributed by atoms with Crippen molar-refractivity contribution >= 4 is 22.6 Å². The summed E-state index contributed by atoms with van der Waals surface area (Å²) < 4.78 is 72.4. The van der Waals surface area contributed by atoms with Crippen molar-refractivity contribution in [2.75, 3.05) is 19.7 Å². The average molecular weight is 658 g/mol. The highest BCUT2D eigenvalue weighted by atomic mass is 35.5. The van der Waals surface area contributed by atoms with Gasteiger partial charge in [-0.2, -0.15) is 23.1 Å². The Hall–Kier alpha value is -4.14. The molecule has 15 heteroatoms. The van der Waals surface area contributed by atoms with E-state index >= 15 is 4.39 Å². The molecule has 46 heavy (non-hydrogen) atoms. The second-order valence-corrected chi connectivity index (χ2v) is 11.8. The Balaban J connectivity index is 1.04. The lowest BCUT2D eigenvalue weighted by atomic mass is 10.1. The van der Waals surface area contributed by atoms with Crippen LogP contribution < -0.4 is 4.74 Å². The lowest BCUT2D eigenvalue weighted by molar-refractivity contribution is -0.159. The topological polar surface area (TPSA) is 104 Å². The van der Waals surface area contributed by atoms with Crippen LogP contribution in [0.2, 0.25) is 5.02 Å². The van der Waals surface area contributed by atoms with Gasteiger partial charge in [0.2, 0.25) is 11.7 Å². The van der Waals surface area contributed by atoms with Gasteiger partial charge in [-0.05, 0) is 43.0 Å². The van der Waals surface area contributed by atoms with Crippen molar-refractivity contribution < 1.29 is 31.6 Å². The number of imidazole rings is 1. The molecule has 5 aromatic rings. The predicted octanol–water partition coefficient (Wildman–Crippen LogP) is 6.11. The van der Waals surface area contributed by atoms with E-state index in [1.165, 1.54) is 12.1 Å². The molecule has 1 atom stereocenters. The van der Waals surface area contributed by atoms with Crippen molar-refractivity contribution in [3.8, 4) is 17.3 Å². The Morgan fingerprint density at radius 2 is 1.78 bits per heavy atom. The van der Waals surface area contributed by atoms with Gasteiger partial charge in [0, 0.05) is 49.5 Å². The van der Waals surface area contributed by atoms with Crippen LogP contribution in [0, 0.1) is 5.82 Å². The van der Waals surface area contributed by atoms with Gasteiger partial charge in [-0.3, -0.25) is 4.90 Å². The maximum absolute atomic E-state index is 15.2. The molecule has 1 unspecified atom stereocenters.